The maximum absolute atomic E-state index is 13.9. The highest BCUT2D eigenvalue weighted by molar-refractivity contribution is 6.05. The third-order valence-electron chi connectivity index (χ3n) is 5.16. The molecule has 136 valence electrons. The Kier molecular flexibility index (Phi) is 3.98. The van der Waals surface area contributed by atoms with Gasteiger partial charge in [-0.1, -0.05) is 30.3 Å². The van der Waals surface area contributed by atoms with Gasteiger partial charge in [0.1, 0.15) is 23.2 Å². The van der Waals surface area contributed by atoms with Crippen LogP contribution in [0.15, 0.2) is 59.3 Å². The van der Waals surface area contributed by atoms with E-state index in [1.165, 1.54) is 6.07 Å². The van der Waals surface area contributed by atoms with Crippen molar-refractivity contribution in [2.24, 2.45) is 0 Å². The van der Waals surface area contributed by atoms with E-state index in [0.717, 1.165) is 59.6 Å². The van der Waals surface area contributed by atoms with Crippen LogP contribution in [0.5, 0.6) is 0 Å². The van der Waals surface area contributed by atoms with Crippen LogP contribution in [-0.2, 0) is 6.54 Å². The Hall–Kier alpha value is -2.99. The molecule has 0 spiro atoms. The fraction of sp³-hybridized carbons (Fsp3) is 0.238. The standard InChI is InChI=1S/C21H19FN4O/c22-17-7-3-1-5-15(17)13-25-9-11-26(12-10-25)21-20-19(23-14-24-21)16-6-2-4-8-18(16)27-20/h1-8,14H,9-13H2. The second-order valence-electron chi connectivity index (χ2n) is 6.83. The summed E-state index contributed by atoms with van der Waals surface area (Å²) in [6.07, 6.45) is 1.60. The third kappa shape index (κ3) is 2.92. The second kappa shape index (κ2) is 6.63. The molecule has 3 heterocycles. The maximum Gasteiger partial charge on any atom is 0.196 e. The van der Waals surface area contributed by atoms with Crippen molar-refractivity contribution in [1.82, 2.24) is 14.9 Å². The molecule has 0 N–H and O–H groups in total. The van der Waals surface area contributed by atoms with Gasteiger partial charge in [0.15, 0.2) is 11.4 Å². The van der Waals surface area contributed by atoms with Crippen LogP contribution >= 0.6 is 0 Å². The second-order valence-corrected chi connectivity index (χ2v) is 6.83. The van der Waals surface area contributed by atoms with Crippen LogP contribution in [0.2, 0.25) is 0 Å². The molecule has 0 amide bonds. The van der Waals surface area contributed by atoms with Crippen molar-refractivity contribution in [1.29, 1.82) is 0 Å². The number of piperazine rings is 1. The molecule has 5 rings (SSSR count). The largest absolute Gasteiger partial charge is 0.450 e. The van der Waals surface area contributed by atoms with Gasteiger partial charge in [0.2, 0.25) is 0 Å². The van der Waals surface area contributed by atoms with Gasteiger partial charge in [-0.2, -0.15) is 0 Å². The molecule has 0 aliphatic carbocycles. The Morgan fingerprint density at radius 3 is 2.56 bits per heavy atom. The molecule has 0 atom stereocenters. The summed E-state index contributed by atoms with van der Waals surface area (Å²) in [6.45, 7) is 3.96. The van der Waals surface area contributed by atoms with Crippen LogP contribution in [0.25, 0.3) is 22.1 Å². The number of benzene rings is 2. The molecule has 1 aliphatic rings. The normalized spacial score (nSPS) is 15.7. The molecular weight excluding hydrogens is 343 g/mol. The Balaban J connectivity index is 1.37. The Morgan fingerprint density at radius 2 is 1.70 bits per heavy atom. The van der Waals surface area contributed by atoms with Crippen molar-refractivity contribution in [3.63, 3.8) is 0 Å². The topological polar surface area (TPSA) is 45.4 Å². The first-order chi connectivity index (χ1) is 13.3. The number of aromatic nitrogens is 2. The van der Waals surface area contributed by atoms with Crippen LogP contribution < -0.4 is 4.90 Å². The van der Waals surface area contributed by atoms with E-state index < -0.39 is 0 Å². The van der Waals surface area contributed by atoms with E-state index in [2.05, 4.69) is 19.8 Å². The lowest BCUT2D eigenvalue weighted by molar-refractivity contribution is 0.246. The summed E-state index contributed by atoms with van der Waals surface area (Å²) >= 11 is 0. The average Bonchev–Trinajstić information content (AvgIpc) is 3.09. The van der Waals surface area contributed by atoms with Gasteiger partial charge in [0, 0.05) is 43.7 Å². The minimum Gasteiger partial charge on any atom is -0.450 e. The maximum atomic E-state index is 13.9. The Bertz CT molecular complexity index is 1100. The van der Waals surface area contributed by atoms with Crippen molar-refractivity contribution in [2.45, 2.75) is 6.54 Å². The van der Waals surface area contributed by atoms with E-state index in [0.29, 0.717) is 6.54 Å². The summed E-state index contributed by atoms with van der Waals surface area (Å²) in [6, 6.07) is 14.9. The highest BCUT2D eigenvalue weighted by Gasteiger charge is 2.23. The molecular formula is C21H19FN4O. The Morgan fingerprint density at radius 1 is 0.926 bits per heavy atom. The van der Waals surface area contributed by atoms with Crippen LogP contribution in [0.1, 0.15) is 5.56 Å². The summed E-state index contributed by atoms with van der Waals surface area (Å²) in [5, 5.41) is 1.01. The van der Waals surface area contributed by atoms with E-state index in [1.807, 2.05) is 36.4 Å². The number of hydrogen-bond donors (Lipinski definition) is 0. The van der Waals surface area contributed by atoms with Gasteiger partial charge in [-0.25, -0.2) is 14.4 Å². The molecule has 27 heavy (non-hydrogen) atoms. The zero-order valence-electron chi connectivity index (χ0n) is 14.8. The van der Waals surface area contributed by atoms with Gasteiger partial charge in [0.25, 0.3) is 0 Å². The molecule has 4 aromatic rings. The Labute approximate surface area is 156 Å². The van der Waals surface area contributed by atoms with E-state index in [-0.39, 0.29) is 5.82 Å². The molecule has 1 saturated heterocycles. The lowest BCUT2D eigenvalue weighted by Crippen LogP contribution is -2.46. The monoisotopic (exact) mass is 362 g/mol. The molecule has 6 heteroatoms. The number of rotatable bonds is 3. The molecule has 0 bridgehead atoms. The number of para-hydroxylation sites is 1. The summed E-state index contributed by atoms with van der Waals surface area (Å²) in [5.41, 5.74) is 3.16. The molecule has 2 aromatic carbocycles. The lowest BCUT2D eigenvalue weighted by atomic mass is 10.2. The lowest BCUT2D eigenvalue weighted by Gasteiger charge is -2.35. The molecule has 0 unspecified atom stereocenters. The fourth-order valence-electron chi connectivity index (χ4n) is 3.72. The number of furan rings is 1. The van der Waals surface area contributed by atoms with Crippen molar-refractivity contribution >= 4 is 27.9 Å². The quantitative estimate of drug-likeness (QED) is 0.554. The van der Waals surface area contributed by atoms with Gasteiger partial charge in [0.05, 0.1) is 0 Å². The van der Waals surface area contributed by atoms with Crippen molar-refractivity contribution in [2.75, 3.05) is 31.1 Å². The SMILES string of the molecule is Fc1ccccc1CN1CCN(c2ncnc3c2oc2ccccc23)CC1. The molecule has 2 aromatic heterocycles. The third-order valence-corrected chi connectivity index (χ3v) is 5.16. The number of anilines is 1. The average molecular weight is 362 g/mol. The van der Waals surface area contributed by atoms with Crippen LogP contribution in [0.4, 0.5) is 10.2 Å². The smallest absolute Gasteiger partial charge is 0.196 e. The fourth-order valence-corrected chi connectivity index (χ4v) is 3.72. The highest BCUT2D eigenvalue weighted by atomic mass is 19.1. The van der Waals surface area contributed by atoms with Gasteiger partial charge < -0.3 is 9.32 Å². The van der Waals surface area contributed by atoms with Gasteiger partial charge in [-0.15, -0.1) is 0 Å². The van der Waals surface area contributed by atoms with Gasteiger partial charge in [-0.05, 0) is 18.2 Å². The zero-order valence-corrected chi connectivity index (χ0v) is 14.8. The number of nitrogens with zero attached hydrogens (tertiary/aromatic N) is 4. The predicted molar refractivity (Wildman–Crippen MR) is 103 cm³/mol. The highest BCUT2D eigenvalue weighted by Crippen LogP contribution is 2.32. The number of halogens is 1. The van der Waals surface area contributed by atoms with Crippen LogP contribution in [0, 0.1) is 5.82 Å². The van der Waals surface area contributed by atoms with E-state index in [1.54, 1.807) is 12.4 Å². The summed E-state index contributed by atoms with van der Waals surface area (Å²) in [4.78, 5) is 13.4. The van der Waals surface area contributed by atoms with Crippen molar-refractivity contribution in [3.05, 3.63) is 66.2 Å². The number of hydrogen-bond acceptors (Lipinski definition) is 5. The minimum absolute atomic E-state index is 0.139. The van der Waals surface area contributed by atoms with Crippen LogP contribution in [0.3, 0.4) is 0 Å². The first kappa shape index (κ1) is 16.2. The van der Waals surface area contributed by atoms with E-state index in [9.17, 15) is 4.39 Å². The van der Waals surface area contributed by atoms with Gasteiger partial charge in [-0.3, -0.25) is 4.90 Å². The minimum atomic E-state index is -0.139. The molecule has 0 radical (unpaired) electrons. The van der Waals surface area contributed by atoms with Gasteiger partial charge >= 0.3 is 0 Å². The van der Waals surface area contributed by atoms with Crippen LogP contribution in [-0.4, -0.2) is 41.0 Å². The first-order valence-corrected chi connectivity index (χ1v) is 9.12. The van der Waals surface area contributed by atoms with E-state index in [4.69, 9.17) is 4.42 Å². The molecule has 1 fully saturated rings. The summed E-state index contributed by atoms with van der Waals surface area (Å²) < 4.78 is 19.9. The summed E-state index contributed by atoms with van der Waals surface area (Å²) in [5.74, 6) is 0.696. The molecule has 5 nitrogen and oxygen atoms in total. The molecule has 1 aliphatic heterocycles. The number of fused-ring (bicyclic) bond motifs is 3. The summed E-state index contributed by atoms with van der Waals surface area (Å²) in [7, 11) is 0. The predicted octanol–water partition coefficient (Wildman–Crippen LogP) is 3.84. The van der Waals surface area contributed by atoms with Crippen molar-refractivity contribution in [3.8, 4) is 0 Å². The van der Waals surface area contributed by atoms with Crippen molar-refractivity contribution < 1.29 is 8.81 Å². The first-order valence-electron chi connectivity index (χ1n) is 9.12. The molecule has 0 saturated carbocycles. The van der Waals surface area contributed by atoms with E-state index >= 15 is 0 Å². The zero-order chi connectivity index (χ0) is 18.2.